The lowest BCUT2D eigenvalue weighted by Gasteiger charge is -2.19. The Morgan fingerprint density at radius 3 is 2.67 bits per heavy atom. The van der Waals surface area contributed by atoms with Gasteiger partial charge in [0.25, 0.3) is 5.91 Å². The molecule has 2 heterocycles. The second kappa shape index (κ2) is 13.1. The molecule has 1 aromatic heterocycles. The third-order valence-electron chi connectivity index (χ3n) is 6.85. The van der Waals surface area contributed by atoms with Crippen LogP contribution in [0, 0.1) is 0 Å². The van der Waals surface area contributed by atoms with E-state index in [0.29, 0.717) is 30.9 Å². The van der Waals surface area contributed by atoms with E-state index in [2.05, 4.69) is 46.5 Å². The highest BCUT2D eigenvalue weighted by Gasteiger charge is 2.13. The van der Waals surface area contributed by atoms with Crippen LogP contribution in [0.25, 0.3) is 0 Å². The largest absolute Gasteiger partial charge is 0.493 e. The summed E-state index contributed by atoms with van der Waals surface area (Å²) in [5, 5.41) is 3.05. The van der Waals surface area contributed by atoms with E-state index in [1.54, 1.807) is 12.4 Å². The normalized spacial score (nSPS) is 14.4. The molecule has 1 aliphatic rings. The Kier molecular flexibility index (Phi) is 8.86. The molecule has 1 N–H and O–H groups in total. The maximum atomic E-state index is 13.1. The number of nitrogens with zero attached hydrogens (tertiary/aromatic N) is 2. The fourth-order valence-corrected chi connectivity index (χ4v) is 4.79. The van der Waals surface area contributed by atoms with Crippen molar-refractivity contribution in [2.45, 2.75) is 38.8 Å². The molecule has 0 fully saturated rings. The average molecular weight is 522 g/mol. The molecule has 39 heavy (non-hydrogen) atoms. The molecule has 0 radical (unpaired) electrons. The third kappa shape index (κ3) is 7.68. The summed E-state index contributed by atoms with van der Waals surface area (Å²) in [6, 6.07) is 25.9. The minimum atomic E-state index is -0.108. The molecule has 5 rings (SSSR count). The molecule has 0 saturated carbocycles. The number of benzene rings is 3. The van der Waals surface area contributed by atoms with E-state index < -0.39 is 0 Å². The predicted molar refractivity (Wildman–Crippen MR) is 153 cm³/mol. The minimum absolute atomic E-state index is 0.108. The Labute approximate surface area is 230 Å². The molecule has 1 amide bonds. The molecule has 3 aromatic carbocycles. The molecule has 6 nitrogen and oxygen atoms in total. The number of hydrogen-bond acceptors (Lipinski definition) is 5. The fourth-order valence-electron chi connectivity index (χ4n) is 4.79. The van der Waals surface area contributed by atoms with Gasteiger partial charge in [-0.15, -0.1) is 0 Å². The number of nitrogens with one attached hydrogen (secondary N) is 1. The van der Waals surface area contributed by atoms with Gasteiger partial charge in [0, 0.05) is 31.3 Å². The zero-order valence-corrected chi connectivity index (χ0v) is 22.4. The van der Waals surface area contributed by atoms with Gasteiger partial charge in [0.15, 0.2) is 0 Å². The van der Waals surface area contributed by atoms with Crippen LogP contribution in [0.2, 0.25) is 0 Å². The quantitative estimate of drug-likeness (QED) is 0.330. The Bertz CT molecular complexity index is 1370. The number of hydrogen-bond donors (Lipinski definition) is 1. The number of fused-ring (bicyclic) bond motifs is 3. The third-order valence-corrected chi connectivity index (χ3v) is 6.85. The summed E-state index contributed by atoms with van der Waals surface area (Å²) in [4.78, 5) is 19.5. The van der Waals surface area contributed by atoms with Gasteiger partial charge in [0.1, 0.15) is 17.2 Å². The SMILES string of the molecule is CN1CCCCCOc2ccc(C(=O)NCc3ccc(Oc4cccnc4)cc3)cc2Cc2cccc(c2)C1. The molecule has 2 bridgehead atoms. The summed E-state index contributed by atoms with van der Waals surface area (Å²) < 4.78 is 12.0. The fraction of sp³-hybridized carbons (Fsp3) is 0.273. The summed E-state index contributed by atoms with van der Waals surface area (Å²) in [5.74, 6) is 2.16. The molecular formula is C33H35N3O3. The van der Waals surface area contributed by atoms with Crippen LogP contribution in [-0.4, -0.2) is 36.0 Å². The lowest BCUT2D eigenvalue weighted by molar-refractivity contribution is 0.0950. The van der Waals surface area contributed by atoms with Crippen molar-refractivity contribution in [3.63, 3.8) is 0 Å². The molecule has 0 unspecified atom stereocenters. The van der Waals surface area contributed by atoms with Crippen LogP contribution in [0.1, 0.15) is 51.9 Å². The van der Waals surface area contributed by atoms with Crippen LogP contribution in [-0.2, 0) is 19.5 Å². The van der Waals surface area contributed by atoms with Crippen molar-refractivity contribution in [2.24, 2.45) is 0 Å². The monoisotopic (exact) mass is 521 g/mol. The number of pyridine rings is 1. The van der Waals surface area contributed by atoms with Crippen molar-refractivity contribution >= 4 is 5.91 Å². The lowest BCUT2D eigenvalue weighted by Crippen LogP contribution is -2.23. The molecule has 0 aliphatic carbocycles. The highest BCUT2D eigenvalue weighted by Crippen LogP contribution is 2.25. The zero-order chi connectivity index (χ0) is 26.9. The van der Waals surface area contributed by atoms with Crippen LogP contribution in [0.4, 0.5) is 0 Å². The second-order valence-corrected chi connectivity index (χ2v) is 10.1. The van der Waals surface area contributed by atoms with Gasteiger partial charge in [-0.2, -0.15) is 0 Å². The van der Waals surface area contributed by atoms with Crippen molar-refractivity contribution in [1.29, 1.82) is 0 Å². The highest BCUT2D eigenvalue weighted by molar-refractivity contribution is 5.94. The molecule has 200 valence electrons. The number of aromatic nitrogens is 1. The van der Waals surface area contributed by atoms with E-state index in [9.17, 15) is 4.79 Å². The van der Waals surface area contributed by atoms with Gasteiger partial charge < -0.3 is 19.7 Å². The van der Waals surface area contributed by atoms with Gasteiger partial charge >= 0.3 is 0 Å². The summed E-state index contributed by atoms with van der Waals surface area (Å²) in [5.41, 5.74) is 5.17. The first-order chi connectivity index (χ1) is 19.1. The second-order valence-electron chi connectivity index (χ2n) is 10.1. The van der Waals surface area contributed by atoms with Gasteiger partial charge in [-0.3, -0.25) is 9.78 Å². The first kappa shape index (κ1) is 26.4. The zero-order valence-electron chi connectivity index (χ0n) is 22.4. The van der Waals surface area contributed by atoms with E-state index in [1.807, 2.05) is 54.6 Å². The van der Waals surface area contributed by atoms with Crippen molar-refractivity contribution in [2.75, 3.05) is 20.2 Å². The summed E-state index contributed by atoms with van der Waals surface area (Å²) in [6.07, 6.45) is 7.41. The van der Waals surface area contributed by atoms with Crippen LogP contribution >= 0.6 is 0 Å². The van der Waals surface area contributed by atoms with Crippen LogP contribution in [0.5, 0.6) is 17.2 Å². The van der Waals surface area contributed by atoms with Gasteiger partial charge in [0.05, 0.1) is 12.8 Å². The number of carbonyl (C=O) groups excluding carboxylic acids is 1. The van der Waals surface area contributed by atoms with Gasteiger partial charge in [0.2, 0.25) is 0 Å². The Balaban J connectivity index is 1.26. The predicted octanol–water partition coefficient (Wildman–Crippen LogP) is 6.39. The van der Waals surface area contributed by atoms with E-state index in [1.165, 1.54) is 11.1 Å². The molecule has 0 spiro atoms. The van der Waals surface area contributed by atoms with Crippen molar-refractivity contribution in [3.8, 4) is 17.2 Å². The molecular weight excluding hydrogens is 486 g/mol. The molecule has 0 saturated heterocycles. The van der Waals surface area contributed by atoms with Crippen LogP contribution in [0.15, 0.2) is 91.3 Å². The first-order valence-electron chi connectivity index (χ1n) is 13.6. The number of rotatable bonds is 5. The van der Waals surface area contributed by atoms with Crippen molar-refractivity contribution < 1.29 is 14.3 Å². The number of carbonyl (C=O) groups is 1. The molecule has 1 aliphatic heterocycles. The van der Waals surface area contributed by atoms with E-state index >= 15 is 0 Å². The number of amides is 1. The molecule has 0 atom stereocenters. The highest BCUT2D eigenvalue weighted by atomic mass is 16.5. The minimum Gasteiger partial charge on any atom is -0.493 e. The molecule has 4 aromatic rings. The topological polar surface area (TPSA) is 63.7 Å². The lowest BCUT2D eigenvalue weighted by atomic mass is 9.99. The van der Waals surface area contributed by atoms with Crippen LogP contribution in [0.3, 0.4) is 0 Å². The number of ether oxygens (including phenoxy) is 2. The average Bonchev–Trinajstić information content (AvgIpc) is 2.95. The van der Waals surface area contributed by atoms with Crippen LogP contribution < -0.4 is 14.8 Å². The van der Waals surface area contributed by atoms with Crippen molar-refractivity contribution in [3.05, 3.63) is 119 Å². The standard InChI is InChI=1S/C33H35N3O3/c1-36-17-3-2-4-18-38-32-15-12-28(21-29(32)20-26-7-5-8-27(19-26)24-36)33(37)35-22-25-10-13-30(14-11-25)39-31-9-6-16-34-23-31/h5-16,19,21,23H,2-4,17-18,20,22,24H2,1H3,(H,35,37). The summed E-state index contributed by atoms with van der Waals surface area (Å²) in [7, 11) is 2.18. The Hall–Kier alpha value is -4.16. The van der Waals surface area contributed by atoms with E-state index in [0.717, 1.165) is 55.0 Å². The van der Waals surface area contributed by atoms with E-state index in [-0.39, 0.29) is 5.91 Å². The van der Waals surface area contributed by atoms with Gasteiger partial charge in [-0.25, -0.2) is 0 Å². The van der Waals surface area contributed by atoms with Crippen molar-refractivity contribution in [1.82, 2.24) is 15.2 Å². The van der Waals surface area contributed by atoms with Gasteiger partial charge in [-0.1, -0.05) is 36.4 Å². The summed E-state index contributed by atoms with van der Waals surface area (Å²) >= 11 is 0. The Morgan fingerprint density at radius 2 is 1.82 bits per heavy atom. The first-order valence-corrected chi connectivity index (χ1v) is 13.6. The van der Waals surface area contributed by atoms with Gasteiger partial charge in [-0.05, 0) is 97.6 Å². The molecule has 6 heteroatoms. The Morgan fingerprint density at radius 1 is 0.949 bits per heavy atom. The smallest absolute Gasteiger partial charge is 0.251 e. The van der Waals surface area contributed by atoms with E-state index in [4.69, 9.17) is 9.47 Å². The maximum Gasteiger partial charge on any atom is 0.251 e. The summed E-state index contributed by atoms with van der Waals surface area (Å²) in [6.45, 7) is 3.14. The maximum absolute atomic E-state index is 13.1.